The van der Waals surface area contributed by atoms with Crippen LogP contribution in [0.5, 0.6) is 0 Å². The number of anilines is 1. The minimum atomic E-state index is -2.99. The number of aryl methyl sites for hydroxylation is 1. The number of nitrogens with one attached hydrogen (secondary N) is 1. The molecular formula is C27H27ClF3N5O. The number of aliphatic hydroxyl groups excluding tert-OH is 1. The Bertz CT molecular complexity index is 1420. The lowest BCUT2D eigenvalue weighted by atomic mass is 9.99. The summed E-state index contributed by atoms with van der Waals surface area (Å²) in [5.41, 5.74) is 8.51. The molecule has 0 saturated carbocycles. The van der Waals surface area contributed by atoms with Crippen LogP contribution in [0.15, 0.2) is 48.8 Å². The van der Waals surface area contributed by atoms with Gasteiger partial charge in [0.2, 0.25) is 0 Å². The van der Waals surface area contributed by atoms with E-state index < -0.39 is 30.9 Å². The standard InChI is InChI=1S/C27H27ClF3N5O/c1-13(2)27-33-10-17(11-34-27)15-5-7-22-19(8-15)24(23(28)14(3)35-22)36-25(26(30)31)18-9-16(21(32)12-37)4-6-20(18)29/h4-11,13,21,25-26,37H,12,32H2,1-3H3,(H,35,36)/t21?,25-/m0/s1. The molecule has 4 aromatic rings. The van der Waals surface area contributed by atoms with Crippen LogP contribution in [0.3, 0.4) is 0 Å². The Morgan fingerprint density at radius 2 is 1.76 bits per heavy atom. The molecule has 0 aliphatic carbocycles. The number of halogens is 4. The van der Waals surface area contributed by atoms with Gasteiger partial charge in [0.15, 0.2) is 0 Å². The van der Waals surface area contributed by atoms with E-state index in [1.807, 2.05) is 19.9 Å². The quantitative estimate of drug-likeness (QED) is 0.247. The van der Waals surface area contributed by atoms with Crippen LogP contribution in [0, 0.1) is 12.7 Å². The van der Waals surface area contributed by atoms with Crippen LogP contribution in [0.2, 0.25) is 5.02 Å². The topological polar surface area (TPSA) is 97.0 Å². The maximum atomic E-state index is 14.8. The maximum absolute atomic E-state index is 14.8. The zero-order valence-corrected chi connectivity index (χ0v) is 21.3. The van der Waals surface area contributed by atoms with E-state index in [2.05, 4.69) is 20.3 Å². The molecule has 0 saturated heterocycles. The Morgan fingerprint density at radius 3 is 2.38 bits per heavy atom. The summed E-state index contributed by atoms with van der Waals surface area (Å²) in [6.07, 6.45) is 0.412. The van der Waals surface area contributed by atoms with E-state index in [-0.39, 0.29) is 22.2 Å². The van der Waals surface area contributed by atoms with Crippen LogP contribution in [0.25, 0.3) is 22.0 Å². The largest absolute Gasteiger partial charge is 0.394 e. The molecule has 4 N–H and O–H groups in total. The highest BCUT2D eigenvalue weighted by Crippen LogP contribution is 2.39. The average molecular weight is 530 g/mol. The van der Waals surface area contributed by atoms with Gasteiger partial charge in [-0.3, -0.25) is 4.98 Å². The molecule has 37 heavy (non-hydrogen) atoms. The van der Waals surface area contributed by atoms with E-state index in [1.165, 1.54) is 12.1 Å². The summed E-state index contributed by atoms with van der Waals surface area (Å²) in [5.74, 6) is 0.0442. The number of nitrogens with two attached hydrogens (primary N) is 1. The summed E-state index contributed by atoms with van der Waals surface area (Å²) in [4.78, 5) is 13.3. The molecule has 194 valence electrons. The molecule has 0 fully saturated rings. The zero-order chi connectivity index (χ0) is 26.9. The normalized spacial score (nSPS) is 13.4. The number of hydrogen-bond acceptors (Lipinski definition) is 6. The van der Waals surface area contributed by atoms with Crippen molar-refractivity contribution in [2.45, 2.75) is 45.2 Å². The predicted octanol–water partition coefficient (Wildman–Crippen LogP) is 6.33. The first-order valence-electron chi connectivity index (χ1n) is 11.7. The minimum Gasteiger partial charge on any atom is -0.394 e. The molecule has 4 rings (SSSR count). The average Bonchev–Trinajstić information content (AvgIpc) is 2.89. The van der Waals surface area contributed by atoms with Gasteiger partial charge in [-0.25, -0.2) is 23.1 Å². The highest BCUT2D eigenvalue weighted by Gasteiger charge is 2.28. The summed E-state index contributed by atoms with van der Waals surface area (Å²) < 4.78 is 43.5. The Kier molecular flexibility index (Phi) is 7.96. The van der Waals surface area contributed by atoms with Gasteiger partial charge in [-0.15, -0.1) is 0 Å². The van der Waals surface area contributed by atoms with Gasteiger partial charge in [0, 0.05) is 34.8 Å². The van der Waals surface area contributed by atoms with Crippen molar-refractivity contribution >= 4 is 28.2 Å². The van der Waals surface area contributed by atoms with E-state index in [0.29, 0.717) is 28.0 Å². The van der Waals surface area contributed by atoms with Gasteiger partial charge in [-0.2, -0.15) is 0 Å². The molecule has 0 bridgehead atoms. The Morgan fingerprint density at radius 1 is 1.05 bits per heavy atom. The van der Waals surface area contributed by atoms with E-state index >= 15 is 0 Å². The Labute approximate surface area is 217 Å². The van der Waals surface area contributed by atoms with Crippen LogP contribution in [0.4, 0.5) is 18.9 Å². The summed E-state index contributed by atoms with van der Waals surface area (Å²) in [5, 5.41) is 12.8. The molecule has 2 heterocycles. The van der Waals surface area contributed by atoms with Crippen molar-refractivity contribution in [3.63, 3.8) is 0 Å². The number of pyridine rings is 1. The second-order valence-electron chi connectivity index (χ2n) is 9.13. The third-order valence-corrected chi connectivity index (χ3v) is 6.61. The van der Waals surface area contributed by atoms with Gasteiger partial charge in [-0.1, -0.05) is 37.6 Å². The van der Waals surface area contributed by atoms with Gasteiger partial charge in [0.25, 0.3) is 6.43 Å². The summed E-state index contributed by atoms with van der Waals surface area (Å²) >= 11 is 6.56. The lowest BCUT2D eigenvalue weighted by Gasteiger charge is -2.24. The highest BCUT2D eigenvalue weighted by atomic mass is 35.5. The van der Waals surface area contributed by atoms with Gasteiger partial charge < -0.3 is 16.2 Å². The van der Waals surface area contributed by atoms with Crippen molar-refractivity contribution in [1.29, 1.82) is 0 Å². The molecule has 10 heteroatoms. The second kappa shape index (κ2) is 11.0. The van der Waals surface area contributed by atoms with Crippen molar-refractivity contribution in [1.82, 2.24) is 15.0 Å². The fraction of sp³-hybridized carbons (Fsp3) is 0.296. The van der Waals surface area contributed by atoms with Gasteiger partial charge in [0.05, 0.1) is 34.6 Å². The molecule has 1 unspecified atom stereocenters. The monoisotopic (exact) mass is 529 g/mol. The number of rotatable bonds is 8. The minimum absolute atomic E-state index is 0.144. The lowest BCUT2D eigenvalue weighted by molar-refractivity contribution is 0.123. The third kappa shape index (κ3) is 5.53. The first kappa shape index (κ1) is 26.8. The molecule has 0 spiro atoms. The number of benzene rings is 2. The lowest BCUT2D eigenvalue weighted by Crippen LogP contribution is -2.22. The number of alkyl halides is 2. The Hall–Kier alpha value is -3.27. The van der Waals surface area contributed by atoms with E-state index in [9.17, 15) is 18.3 Å². The number of hydrogen-bond donors (Lipinski definition) is 3. The van der Waals surface area contributed by atoms with Crippen molar-refractivity contribution in [2.24, 2.45) is 5.73 Å². The fourth-order valence-electron chi connectivity index (χ4n) is 4.04. The summed E-state index contributed by atoms with van der Waals surface area (Å²) in [6, 6.07) is 6.44. The SMILES string of the molecule is Cc1nc2ccc(-c3cnc(C(C)C)nc3)cc2c(N[C@@H](c2cc(C(N)CO)ccc2F)C(F)F)c1Cl. The van der Waals surface area contributed by atoms with Crippen LogP contribution < -0.4 is 11.1 Å². The molecule has 0 amide bonds. The van der Waals surface area contributed by atoms with Gasteiger partial charge >= 0.3 is 0 Å². The fourth-order valence-corrected chi connectivity index (χ4v) is 4.24. The second-order valence-corrected chi connectivity index (χ2v) is 9.51. The summed E-state index contributed by atoms with van der Waals surface area (Å²) in [7, 11) is 0. The van der Waals surface area contributed by atoms with Crippen molar-refractivity contribution < 1.29 is 18.3 Å². The molecular weight excluding hydrogens is 503 g/mol. The Balaban J connectivity index is 1.83. The van der Waals surface area contributed by atoms with Crippen molar-refractivity contribution in [3.8, 4) is 11.1 Å². The first-order chi connectivity index (χ1) is 17.6. The molecule has 2 aromatic heterocycles. The zero-order valence-electron chi connectivity index (χ0n) is 20.5. The van der Waals surface area contributed by atoms with Gasteiger partial charge in [-0.05, 0) is 42.3 Å². The first-order valence-corrected chi connectivity index (χ1v) is 12.1. The van der Waals surface area contributed by atoms with E-state index in [1.54, 1.807) is 31.5 Å². The van der Waals surface area contributed by atoms with Crippen molar-refractivity contribution in [3.05, 3.63) is 82.3 Å². The van der Waals surface area contributed by atoms with Crippen LogP contribution in [-0.4, -0.2) is 33.1 Å². The van der Waals surface area contributed by atoms with Gasteiger partial charge in [0.1, 0.15) is 17.7 Å². The predicted molar refractivity (Wildman–Crippen MR) is 139 cm³/mol. The summed E-state index contributed by atoms with van der Waals surface area (Å²) in [6.45, 7) is 5.24. The molecule has 0 aliphatic heterocycles. The number of aliphatic hydroxyl groups is 1. The molecule has 2 atom stereocenters. The smallest absolute Gasteiger partial charge is 0.262 e. The van der Waals surface area contributed by atoms with E-state index in [4.69, 9.17) is 17.3 Å². The van der Waals surface area contributed by atoms with Crippen molar-refractivity contribution in [2.75, 3.05) is 11.9 Å². The molecule has 0 radical (unpaired) electrons. The van der Waals surface area contributed by atoms with Crippen LogP contribution in [0.1, 0.15) is 54.5 Å². The van der Waals surface area contributed by atoms with E-state index in [0.717, 1.165) is 17.2 Å². The number of nitrogens with zero attached hydrogens (tertiary/aromatic N) is 3. The maximum Gasteiger partial charge on any atom is 0.262 e. The third-order valence-electron chi connectivity index (χ3n) is 6.14. The number of fused-ring (bicyclic) bond motifs is 1. The highest BCUT2D eigenvalue weighted by molar-refractivity contribution is 6.35. The number of aromatic nitrogens is 3. The molecule has 6 nitrogen and oxygen atoms in total. The van der Waals surface area contributed by atoms with Crippen LogP contribution in [-0.2, 0) is 0 Å². The molecule has 2 aromatic carbocycles. The van der Waals surface area contributed by atoms with Crippen LogP contribution >= 0.6 is 11.6 Å². The molecule has 0 aliphatic rings.